The predicted molar refractivity (Wildman–Crippen MR) is 168 cm³/mol. The van der Waals surface area contributed by atoms with Crippen LogP contribution in [0.4, 0.5) is 0 Å². The largest absolute Gasteiger partial charge is 0.457 e. The first-order chi connectivity index (χ1) is 20.1. The Balaban J connectivity index is 1.27. The number of para-hydroxylation sites is 1. The molecule has 1 heteroatoms. The van der Waals surface area contributed by atoms with Gasteiger partial charge < -0.3 is 4.74 Å². The van der Waals surface area contributed by atoms with Crippen molar-refractivity contribution in [2.24, 2.45) is 0 Å². The van der Waals surface area contributed by atoms with Crippen molar-refractivity contribution in [3.05, 3.63) is 179 Å². The van der Waals surface area contributed by atoms with Crippen molar-refractivity contribution < 1.29 is 4.74 Å². The molecular formula is C40H30O. The second-order valence-electron chi connectivity index (χ2n) is 11.7. The summed E-state index contributed by atoms with van der Waals surface area (Å²) in [6.07, 6.45) is 0. The van der Waals surface area contributed by atoms with Gasteiger partial charge in [0.2, 0.25) is 0 Å². The van der Waals surface area contributed by atoms with Gasteiger partial charge in [0.15, 0.2) is 0 Å². The average Bonchev–Trinajstić information content (AvgIpc) is 3.33. The Morgan fingerprint density at radius 1 is 0.415 bits per heavy atom. The fraction of sp³-hybridized carbons (Fsp3) is 0.100. The molecule has 0 bridgehead atoms. The fourth-order valence-electron chi connectivity index (χ4n) is 7.26. The molecule has 6 aromatic carbocycles. The zero-order valence-electron chi connectivity index (χ0n) is 23.3. The fourth-order valence-corrected chi connectivity index (χ4v) is 7.26. The van der Waals surface area contributed by atoms with Gasteiger partial charge in [0.25, 0.3) is 0 Å². The van der Waals surface area contributed by atoms with Crippen LogP contribution in [0.3, 0.4) is 0 Å². The van der Waals surface area contributed by atoms with Gasteiger partial charge in [0.1, 0.15) is 11.5 Å². The van der Waals surface area contributed by atoms with E-state index in [1.807, 2.05) is 6.07 Å². The van der Waals surface area contributed by atoms with Crippen molar-refractivity contribution >= 4 is 0 Å². The lowest BCUT2D eigenvalue weighted by molar-refractivity contribution is 0.418. The Morgan fingerprint density at radius 2 is 0.927 bits per heavy atom. The molecule has 2 aliphatic rings. The third kappa shape index (κ3) is 3.36. The van der Waals surface area contributed by atoms with Crippen LogP contribution >= 0.6 is 0 Å². The molecule has 1 heterocycles. The number of hydrogen-bond donors (Lipinski definition) is 0. The first-order valence-corrected chi connectivity index (χ1v) is 14.4. The molecule has 1 aliphatic carbocycles. The van der Waals surface area contributed by atoms with E-state index in [1.165, 1.54) is 50.1 Å². The van der Waals surface area contributed by atoms with E-state index in [4.69, 9.17) is 4.74 Å². The van der Waals surface area contributed by atoms with Gasteiger partial charge in [-0.2, -0.15) is 0 Å². The van der Waals surface area contributed by atoms with E-state index in [2.05, 4.69) is 153 Å². The minimum absolute atomic E-state index is 0.113. The molecule has 8 rings (SSSR count). The standard InChI is InChI=1S/C40H30O/c1-39(2)35-18-10-11-19-37(35)41-38-26-28(22-25-36(38)39)27-20-23-30(24-21-27)40(29-12-4-3-5-13-29)33-16-8-6-14-31(33)32-15-7-9-17-34(32)40/h3-26H,1-2H3. The van der Waals surface area contributed by atoms with Crippen LogP contribution in [0.1, 0.15) is 47.2 Å². The van der Waals surface area contributed by atoms with Crippen LogP contribution in [0.25, 0.3) is 22.3 Å². The van der Waals surface area contributed by atoms with Crippen LogP contribution in [0.2, 0.25) is 0 Å². The quantitative estimate of drug-likeness (QED) is 0.223. The van der Waals surface area contributed by atoms with Crippen molar-refractivity contribution in [2.45, 2.75) is 24.7 Å². The van der Waals surface area contributed by atoms with E-state index in [1.54, 1.807) is 0 Å². The summed E-state index contributed by atoms with van der Waals surface area (Å²) in [5.74, 6) is 1.88. The maximum atomic E-state index is 6.43. The van der Waals surface area contributed by atoms with Crippen molar-refractivity contribution in [1.82, 2.24) is 0 Å². The summed E-state index contributed by atoms with van der Waals surface area (Å²) in [6.45, 7) is 4.56. The van der Waals surface area contributed by atoms with Crippen LogP contribution in [-0.2, 0) is 10.8 Å². The highest BCUT2D eigenvalue weighted by molar-refractivity contribution is 5.86. The second-order valence-corrected chi connectivity index (χ2v) is 11.7. The average molecular weight is 527 g/mol. The molecule has 0 spiro atoms. The number of hydrogen-bond acceptors (Lipinski definition) is 1. The van der Waals surface area contributed by atoms with E-state index < -0.39 is 0 Å². The summed E-state index contributed by atoms with van der Waals surface area (Å²) >= 11 is 0. The van der Waals surface area contributed by atoms with Gasteiger partial charge >= 0.3 is 0 Å². The third-order valence-electron chi connectivity index (χ3n) is 9.25. The monoisotopic (exact) mass is 526 g/mol. The molecule has 0 N–H and O–H groups in total. The summed E-state index contributed by atoms with van der Waals surface area (Å²) in [6, 6.07) is 53.0. The van der Waals surface area contributed by atoms with E-state index >= 15 is 0 Å². The molecule has 196 valence electrons. The SMILES string of the molecule is CC1(C)c2ccccc2Oc2cc(-c3ccc(C4(c5ccccc5)c5ccccc5-c5ccccc54)cc3)ccc21. The Kier molecular flexibility index (Phi) is 5.15. The van der Waals surface area contributed by atoms with Gasteiger partial charge in [-0.25, -0.2) is 0 Å². The van der Waals surface area contributed by atoms with Crippen LogP contribution in [0, 0.1) is 0 Å². The molecule has 0 saturated carbocycles. The Bertz CT molecular complexity index is 1880. The number of fused-ring (bicyclic) bond motifs is 5. The van der Waals surface area contributed by atoms with E-state index in [9.17, 15) is 0 Å². The highest BCUT2D eigenvalue weighted by Gasteiger charge is 2.45. The summed E-state index contributed by atoms with van der Waals surface area (Å²) in [5, 5.41) is 0. The molecule has 1 nitrogen and oxygen atoms in total. The molecule has 0 fully saturated rings. The van der Waals surface area contributed by atoms with Gasteiger partial charge in [-0.15, -0.1) is 0 Å². The Hall–Kier alpha value is -4.88. The first kappa shape index (κ1) is 24.0. The highest BCUT2D eigenvalue weighted by atomic mass is 16.5. The molecule has 0 radical (unpaired) electrons. The van der Waals surface area contributed by atoms with Crippen molar-refractivity contribution in [3.63, 3.8) is 0 Å². The van der Waals surface area contributed by atoms with Crippen molar-refractivity contribution in [1.29, 1.82) is 0 Å². The zero-order valence-corrected chi connectivity index (χ0v) is 23.3. The van der Waals surface area contributed by atoms with E-state index in [0.717, 1.165) is 17.1 Å². The molecule has 1 aliphatic heterocycles. The summed E-state index contributed by atoms with van der Waals surface area (Å²) < 4.78 is 6.43. The predicted octanol–water partition coefficient (Wildman–Crippen LogP) is 10.1. The molecule has 0 atom stereocenters. The lowest BCUT2D eigenvalue weighted by atomic mass is 9.67. The molecule has 0 aromatic heterocycles. The van der Waals surface area contributed by atoms with Gasteiger partial charge in [-0.05, 0) is 56.6 Å². The molecule has 0 unspecified atom stereocenters. The highest BCUT2D eigenvalue weighted by Crippen LogP contribution is 2.56. The van der Waals surface area contributed by atoms with Gasteiger partial charge in [-0.3, -0.25) is 0 Å². The van der Waals surface area contributed by atoms with E-state index in [0.29, 0.717) is 0 Å². The van der Waals surface area contributed by atoms with Crippen LogP contribution in [0.5, 0.6) is 11.5 Å². The minimum Gasteiger partial charge on any atom is -0.457 e. The zero-order chi connectivity index (χ0) is 27.6. The van der Waals surface area contributed by atoms with Gasteiger partial charge in [0.05, 0.1) is 5.41 Å². The molecule has 0 saturated heterocycles. The third-order valence-corrected chi connectivity index (χ3v) is 9.25. The Morgan fingerprint density at radius 3 is 1.61 bits per heavy atom. The summed E-state index contributed by atoms with van der Waals surface area (Å²) in [5.41, 5.74) is 12.2. The van der Waals surface area contributed by atoms with Crippen molar-refractivity contribution in [2.75, 3.05) is 0 Å². The Labute approximate surface area is 241 Å². The minimum atomic E-state index is -0.375. The number of benzene rings is 6. The number of rotatable bonds is 3. The van der Waals surface area contributed by atoms with Gasteiger partial charge in [-0.1, -0.05) is 147 Å². The topological polar surface area (TPSA) is 9.23 Å². The van der Waals surface area contributed by atoms with Crippen LogP contribution in [0.15, 0.2) is 146 Å². The smallest absolute Gasteiger partial charge is 0.132 e. The van der Waals surface area contributed by atoms with Gasteiger partial charge in [0, 0.05) is 16.5 Å². The molecular weight excluding hydrogens is 496 g/mol. The summed E-state index contributed by atoms with van der Waals surface area (Å²) in [7, 11) is 0. The van der Waals surface area contributed by atoms with Crippen LogP contribution < -0.4 is 4.74 Å². The second kappa shape index (κ2) is 8.81. The van der Waals surface area contributed by atoms with Crippen LogP contribution in [-0.4, -0.2) is 0 Å². The maximum Gasteiger partial charge on any atom is 0.132 e. The van der Waals surface area contributed by atoms with E-state index in [-0.39, 0.29) is 10.8 Å². The first-order valence-electron chi connectivity index (χ1n) is 14.4. The molecule has 41 heavy (non-hydrogen) atoms. The normalized spacial score (nSPS) is 15.2. The summed E-state index contributed by atoms with van der Waals surface area (Å²) in [4.78, 5) is 0. The van der Waals surface area contributed by atoms with Crippen molar-refractivity contribution in [3.8, 4) is 33.8 Å². The lowest BCUT2D eigenvalue weighted by Gasteiger charge is -2.35. The lowest BCUT2D eigenvalue weighted by Crippen LogP contribution is -2.28. The number of ether oxygens (including phenoxy) is 1. The molecule has 0 amide bonds. The molecule has 6 aromatic rings. The maximum absolute atomic E-state index is 6.43.